The fourth-order valence-corrected chi connectivity index (χ4v) is 2.27. The lowest BCUT2D eigenvalue weighted by Gasteiger charge is -2.11. The van der Waals surface area contributed by atoms with Gasteiger partial charge >= 0.3 is 5.97 Å². The average Bonchev–Trinajstić information content (AvgIpc) is 2.50. The van der Waals surface area contributed by atoms with Gasteiger partial charge in [-0.25, -0.2) is 0 Å². The Morgan fingerprint density at radius 3 is 2.68 bits per heavy atom. The highest BCUT2D eigenvalue weighted by Gasteiger charge is 2.03. The fraction of sp³-hybridized carbons (Fsp3) is 0.467. The standard InChI is InChI=1S/C15H21ClN2O3S/c1-20-13-8-7-11(10-12(13)16)18-15(22)17-9-5-3-4-6-14(19)21-2/h7-8,10H,3-6,9H2,1-2H3,(H2,17,18,22). The number of halogens is 1. The summed E-state index contributed by atoms with van der Waals surface area (Å²) >= 11 is 11.3. The normalized spacial score (nSPS) is 9.95. The van der Waals surface area contributed by atoms with Crippen molar-refractivity contribution in [3.8, 4) is 5.75 Å². The molecule has 0 aliphatic carbocycles. The van der Waals surface area contributed by atoms with Gasteiger partial charge in [-0.3, -0.25) is 4.79 Å². The summed E-state index contributed by atoms with van der Waals surface area (Å²) in [5.74, 6) is 0.457. The van der Waals surface area contributed by atoms with Gasteiger partial charge < -0.3 is 20.1 Å². The Hall–Kier alpha value is -1.53. The molecule has 0 bridgehead atoms. The van der Waals surface area contributed by atoms with Gasteiger partial charge in [0.2, 0.25) is 0 Å². The number of carbonyl (C=O) groups is 1. The van der Waals surface area contributed by atoms with E-state index in [1.807, 2.05) is 6.07 Å². The molecule has 0 aliphatic rings. The van der Waals surface area contributed by atoms with Crippen LogP contribution in [0.3, 0.4) is 0 Å². The van der Waals surface area contributed by atoms with Crippen LogP contribution in [-0.2, 0) is 9.53 Å². The van der Waals surface area contributed by atoms with Crippen LogP contribution in [0.15, 0.2) is 18.2 Å². The summed E-state index contributed by atoms with van der Waals surface area (Å²) in [6.07, 6.45) is 3.16. The number of methoxy groups -OCH3 is 2. The molecular weight excluding hydrogens is 324 g/mol. The van der Waals surface area contributed by atoms with Crippen LogP contribution < -0.4 is 15.4 Å². The number of anilines is 1. The van der Waals surface area contributed by atoms with E-state index in [2.05, 4.69) is 15.4 Å². The molecule has 0 saturated heterocycles. The van der Waals surface area contributed by atoms with Crippen LogP contribution in [0.4, 0.5) is 5.69 Å². The molecule has 0 spiro atoms. The molecule has 0 fully saturated rings. The number of hydrogen-bond donors (Lipinski definition) is 2. The molecule has 0 atom stereocenters. The van der Waals surface area contributed by atoms with Gasteiger partial charge in [-0.15, -0.1) is 0 Å². The molecular formula is C15H21ClN2O3S. The van der Waals surface area contributed by atoms with Gasteiger partial charge in [0.05, 0.1) is 19.2 Å². The molecule has 0 unspecified atom stereocenters. The van der Waals surface area contributed by atoms with E-state index in [0.717, 1.165) is 31.5 Å². The molecule has 0 heterocycles. The Morgan fingerprint density at radius 1 is 1.27 bits per heavy atom. The average molecular weight is 345 g/mol. The van der Waals surface area contributed by atoms with Crippen molar-refractivity contribution < 1.29 is 14.3 Å². The van der Waals surface area contributed by atoms with Gasteiger partial charge in [0, 0.05) is 18.7 Å². The number of ether oxygens (including phenoxy) is 2. The molecule has 2 N–H and O–H groups in total. The molecule has 122 valence electrons. The van der Waals surface area contributed by atoms with Crippen LogP contribution in [0.5, 0.6) is 5.75 Å². The molecule has 0 amide bonds. The topological polar surface area (TPSA) is 59.6 Å². The number of esters is 1. The predicted molar refractivity (Wildman–Crippen MR) is 92.7 cm³/mol. The van der Waals surface area contributed by atoms with E-state index in [0.29, 0.717) is 22.3 Å². The number of rotatable bonds is 8. The lowest BCUT2D eigenvalue weighted by atomic mass is 10.2. The molecule has 0 saturated carbocycles. The molecule has 22 heavy (non-hydrogen) atoms. The maximum Gasteiger partial charge on any atom is 0.305 e. The first-order chi connectivity index (χ1) is 10.6. The third kappa shape index (κ3) is 6.95. The van der Waals surface area contributed by atoms with Crippen molar-refractivity contribution >= 4 is 40.6 Å². The Morgan fingerprint density at radius 2 is 2.05 bits per heavy atom. The minimum absolute atomic E-state index is 0.165. The summed E-state index contributed by atoms with van der Waals surface area (Å²) in [6.45, 7) is 0.747. The summed E-state index contributed by atoms with van der Waals surface area (Å²) in [5.41, 5.74) is 0.800. The van der Waals surface area contributed by atoms with Crippen LogP contribution in [0, 0.1) is 0 Å². The smallest absolute Gasteiger partial charge is 0.305 e. The Bertz CT molecular complexity index is 512. The number of carbonyl (C=O) groups excluding carboxylic acids is 1. The van der Waals surface area contributed by atoms with Crippen LogP contribution in [-0.4, -0.2) is 31.8 Å². The maximum absolute atomic E-state index is 10.9. The third-order valence-electron chi connectivity index (χ3n) is 2.98. The zero-order valence-electron chi connectivity index (χ0n) is 12.8. The van der Waals surface area contributed by atoms with E-state index >= 15 is 0 Å². The van der Waals surface area contributed by atoms with Crippen LogP contribution in [0.1, 0.15) is 25.7 Å². The van der Waals surface area contributed by atoms with Crippen molar-refractivity contribution in [2.24, 2.45) is 0 Å². The van der Waals surface area contributed by atoms with Crippen LogP contribution >= 0.6 is 23.8 Å². The lowest BCUT2D eigenvalue weighted by molar-refractivity contribution is -0.140. The molecule has 5 nitrogen and oxygen atoms in total. The summed E-state index contributed by atoms with van der Waals surface area (Å²) in [4.78, 5) is 10.9. The maximum atomic E-state index is 10.9. The SMILES string of the molecule is COC(=O)CCCCCNC(=S)Nc1ccc(OC)c(Cl)c1. The lowest BCUT2D eigenvalue weighted by Crippen LogP contribution is -2.29. The van der Waals surface area contributed by atoms with E-state index in [1.54, 1.807) is 19.2 Å². The third-order valence-corrected chi connectivity index (χ3v) is 3.52. The van der Waals surface area contributed by atoms with Crippen molar-refractivity contribution in [3.05, 3.63) is 23.2 Å². The monoisotopic (exact) mass is 344 g/mol. The minimum Gasteiger partial charge on any atom is -0.495 e. The first-order valence-electron chi connectivity index (χ1n) is 7.02. The van der Waals surface area contributed by atoms with E-state index in [4.69, 9.17) is 28.6 Å². The summed E-state index contributed by atoms with van der Waals surface area (Å²) in [7, 11) is 2.97. The first kappa shape index (κ1) is 18.5. The van der Waals surface area contributed by atoms with Gasteiger partial charge in [-0.05, 0) is 43.3 Å². The van der Waals surface area contributed by atoms with Gasteiger partial charge in [-0.2, -0.15) is 0 Å². The number of unbranched alkanes of at least 4 members (excludes halogenated alkanes) is 2. The van der Waals surface area contributed by atoms with Crippen molar-refractivity contribution in [3.63, 3.8) is 0 Å². The van der Waals surface area contributed by atoms with Crippen molar-refractivity contribution in [1.82, 2.24) is 5.32 Å². The van der Waals surface area contributed by atoms with Crippen LogP contribution in [0.25, 0.3) is 0 Å². The molecule has 7 heteroatoms. The van der Waals surface area contributed by atoms with Crippen molar-refractivity contribution in [2.75, 3.05) is 26.1 Å². The Balaban J connectivity index is 2.21. The summed E-state index contributed by atoms with van der Waals surface area (Å²) in [6, 6.07) is 5.37. The minimum atomic E-state index is -0.165. The quantitative estimate of drug-likeness (QED) is 0.428. The Labute approximate surface area is 141 Å². The van der Waals surface area contributed by atoms with E-state index in [9.17, 15) is 4.79 Å². The van der Waals surface area contributed by atoms with Crippen molar-refractivity contribution in [2.45, 2.75) is 25.7 Å². The van der Waals surface area contributed by atoms with Crippen molar-refractivity contribution in [1.29, 1.82) is 0 Å². The van der Waals surface area contributed by atoms with E-state index in [1.165, 1.54) is 7.11 Å². The van der Waals surface area contributed by atoms with Crippen LogP contribution in [0.2, 0.25) is 5.02 Å². The second-order valence-electron chi connectivity index (χ2n) is 4.62. The number of hydrogen-bond acceptors (Lipinski definition) is 4. The number of thiocarbonyl (C=S) groups is 1. The van der Waals surface area contributed by atoms with E-state index < -0.39 is 0 Å². The fourth-order valence-electron chi connectivity index (χ4n) is 1.79. The highest BCUT2D eigenvalue weighted by atomic mass is 35.5. The van der Waals surface area contributed by atoms with Gasteiger partial charge in [0.1, 0.15) is 5.75 Å². The van der Waals surface area contributed by atoms with Gasteiger partial charge in [-0.1, -0.05) is 18.0 Å². The summed E-state index contributed by atoms with van der Waals surface area (Å²) < 4.78 is 9.67. The highest BCUT2D eigenvalue weighted by molar-refractivity contribution is 7.80. The molecule has 1 aromatic carbocycles. The molecule has 1 rings (SSSR count). The van der Waals surface area contributed by atoms with E-state index in [-0.39, 0.29) is 5.97 Å². The molecule has 0 radical (unpaired) electrons. The largest absolute Gasteiger partial charge is 0.495 e. The predicted octanol–water partition coefficient (Wildman–Crippen LogP) is 3.37. The summed E-state index contributed by atoms with van der Waals surface area (Å²) in [5, 5.41) is 7.23. The zero-order chi connectivity index (χ0) is 16.4. The van der Waals surface area contributed by atoms with Gasteiger partial charge in [0.15, 0.2) is 5.11 Å². The second kappa shape index (κ2) is 10.2. The molecule has 0 aliphatic heterocycles. The molecule has 0 aromatic heterocycles. The Kier molecular flexibility index (Phi) is 8.62. The second-order valence-corrected chi connectivity index (χ2v) is 5.43. The number of nitrogens with one attached hydrogen (secondary N) is 2. The molecule has 1 aromatic rings. The van der Waals surface area contributed by atoms with Gasteiger partial charge in [0.25, 0.3) is 0 Å². The number of benzene rings is 1. The highest BCUT2D eigenvalue weighted by Crippen LogP contribution is 2.27. The zero-order valence-corrected chi connectivity index (χ0v) is 14.4. The first-order valence-corrected chi connectivity index (χ1v) is 7.80.